The summed E-state index contributed by atoms with van der Waals surface area (Å²) in [5.41, 5.74) is 4.44. The highest BCUT2D eigenvalue weighted by molar-refractivity contribution is 5.97. The molecule has 1 aromatic carbocycles. The number of hydrogen-bond donors (Lipinski definition) is 0. The Labute approximate surface area is 118 Å². The van der Waals surface area contributed by atoms with E-state index in [0.29, 0.717) is 12.3 Å². The molecule has 4 rings (SSSR count). The van der Waals surface area contributed by atoms with Crippen LogP contribution in [0.1, 0.15) is 58.2 Å². The van der Waals surface area contributed by atoms with Crippen molar-refractivity contribution in [2.45, 2.75) is 38.0 Å². The van der Waals surface area contributed by atoms with Gasteiger partial charge < -0.3 is 0 Å². The standard InChI is InChI=1S/C17H16N2O/c20-16-8-4-3-7-15-14(16)10-18-17(19-15)13-9-11-5-1-2-6-12(11)13/h1-2,5-6,10,13H,3-4,7-9H2. The Morgan fingerprint density at radius 3 is 2.85 bits per heavy atom. The lowest BCUT2D eigenvalue weighted by atomic mass is 9.77. The first-order chi connectivity index (χ1) is 9.83. The van der Waals surface area contributed by atoms with E-state index in [0.717, 1.165) is 42.8 Å². The van der Waals surface area contributed by atoms with Crippen molar-refractivity contribution in [2.75, 3.05) is 0 Å². The van der Waals surface area contributed by atoms with Crippen molar-refractivity contribution in [3.05, 3.63) is 58.7 Å². The Kier molecular flexibility index (Phi) is 2.66. The minimum absolute atomic E-state index is 0.207. The van der Waals surface area contributed by atoms with Crippen molar-refractivity contribution in [3.63, 3.8) is 0 Å². The molecule has 0 spiro atoms. The number of aryl methyl sites for hydroxylation is 1. The lowest BCUT2D eigenvalue weighted by Gasteiger charge is -2.29. The normalized spacial score (nSPS) is 20.6. The summed E-state index contributed by atoms with van der Waals surface area (Å²) >= 11 is 0. The third-order valence-electron chi connectivity index (χ3n) is 4.42. The lowest BCUT2D eigenvalue weighted by Crippen LogP contribution is -2.21. The fourth-order valence-corrected chi connectivity index (χ4v) is 3.23. The van der Waals surface area contributed by atoms with Gasteiger partial charge in [-0.25, -0.2) is 9.97 Å². The van der Waals surface area contributed by atoms with Gasteiger partial charge in [0.05, 0.1) is 11.3 Å². The van der Waals surface area contributed by atoms with Crippen molar-refractivity contribution in [3.8, 4) is 0 Å². The second kappa shape index (κ2) is 4.51. The molecule has 1 atom stereocenters. The molecule has 3 heteroatoms. The number of carbonyl (C=O) groups is 1. The number of ketones is 1. The molecule has 3 nitrogen and oxygen atoms in total. The Morgan fingerprint density at radius 2 is 1.95 bits per heavy atom. The van der Waals surface area contributed by atoms with Crippen LogP contribution in [-0.2, 0) is 12.8 Å². The molecule has 1 heterocycles. The van der Waals surface area contributed by atoms with Gasteiger partial charge in [0, 0.05) is 18.5 Å². The van der Waals surface area contributed by atoms with E-state index in [1.54, 1.807) is 6.20 Å². The smallest absolute Gasteiger partial charge is 0.166 e. The highest BCUT2D eigenvalue weighted by Gasteiger charge is 2.30. The maximum absolute atomic E-state index is 12.0. The molecule has 0 N–H and O–H groups in total. The average Bonchev–Trinajstić information content (AvgIpc) is 2.62. The zero-order valence-corrected chi connectivity index (χ0v) is 11.3. The zero-order chi connectivity index (χ0) is 13.5. The topological polar surface area (TPSA) is 42.9 Å². The van der Waals surface area contributed by atoms with E-state index in [1.807, 2.05) is 0 Å². The number of Topliss-reactive ketones (excluding diaryl/α,β-unsaturated/α-hetero) is 1. The number of hydrogen-bond acceptors (Lipinski definition) is 3. The number of carbonyl (C=O) groups excluding carboxylic acids is 1. The first-order valence-corrected chi connectivity index (χ1v) is 7.30. The van der Waals surface area contributed by atoms with Gasteiger partial charge in [-0.3, -0.25) is 4.79 Å². The average molecular weight is 264 g/mol. The van der Waals surface area contributed by atoms with Crippen LogP contribution >= 0.6 is 0 Å². The van der Waals surface area contributed by atoms with Gasteiger partial charge in [-0.2, -0.15) is 0 Å². The summed E-state index contributed by atoms with van der Waals surface area (Å²) < 4.78 is 0. The predicted molar refractivity (Wildman–Crippen MR) is 75.9 cm³/mol. The third-order valence-corrected chi connectivity index (χ3v) is 4.42. The van der Waals surface area contributed by atoms with E-state index < -0.39 is 0 Å². The molecule has 0 amide bonds. The van der Waals surface area contributed by atoms with Gasteiger partial charge in [0.15, 0.2) is 5.78 Å². The Hall–Kier alpha value is -2.03. The molecule has 2 aliphatic carbocycles. The Balaban J connectivity index is 1.72. The predicted octanol–water partition coefficient (Wildman–Crippen LogP) is 3.07. The Bertz CT molecular complexity index is 693. The molecule has 0 radical (unpaired) electrons. The monoisotopic (exact) mass is 264 g/mol. The van der Waals surface area contributed by atoms with Gasteiger partial charge >= 0.3 is 0 Å². The minimum Gasteiger partial charge on any atom is -0.294 e. The van der Waals surface area contributed by atoms with Gasteiger partial charge in [0.1, 0.15) is 5.82 Å². The lowest BCUT2D eigenvalue weighted by molar-refractivity contribution is 0.0981. The summed E-state index contributed by atoms with van der Waals surface area (Å²) in [7, 11) is 0. The molecule has 1 unspecified atom stereocenters. The molecule has 2 aromatic rings. The summed E-state index contributed by atoms with van der Waals surface area (Å²) in [6.07, 6.45) is 6.34. The fourth-order valence-electron chi connectivity index (χ4n) is 3.23. The summed E-state index contributed by atoms with van der Waals surface area (Å²) in [5.74, 6) is 1.41. The molecular formula is C17H16N2O. The SMILES string of the molecule is O=C1CCCCc2nc(C3Cc4ccccc43)ncc21. The zero-order valence-electron chi connectivity index (χ0n) is 11.3. The Morgan fingerprint density at radius 1 is 1.10 bits per heavy atom. The van der Waals surface area contributed by atoms with E-state index in [-0.39, 0.29) is 5.78 Å². The highest BCUT2D eigenvalue weighted by Crippen LogP contribution is 2.38. The summed E-state index contributed by atoms with van der Waals surface area (Å²) in [6.45, 7) is 0. The van der Waals surface area contributed by atoms with Crippen LogP contribution in [0, 0.1) is 0 Å². The molecule has 0 saturated heterocycles. The van der Waals surface area contributed by atoms with Gasteiger partial charge in [0.2, 0.25) is 0 Å². The molecule has 20 heavy (non-hydrogen) atoms. The first-order valence-electron chi connectivity index (χ1n) is 7.30. The van der Waals surface area contributed by atoms with E-state index in [4.69, 9.17) is 4.98 Å². The van der Waals surface area contributed by atoms with Gasteiger partial charge in [-0.15, -0.1) is 0 Å². The van der Waals surface area contributed by atoms with Crippen LogP contribution in [0.4, 0.5) is 0 Å². The van der Waals surface area contributed by atoms with Gasteiger partial charge in [-0.1, -0.05) is 24.3 Å². The van der Waals surface area contributed by atoms with Crippen LogP contribution in [0.15, 0.2) is 30.5 Å². The van der Waals surface area contributed by atoms with Crippen LogP contribution in [-0.4, -0.2) is 15.8 Å². The number of fused-ring (bicyclic) bond motifs is 2. The molecule has 0 fully saturated rings. The third kappa shape index (κ3) is 1.77. The van der Waals surface area contributed by atoms with Crippen LogP contribution in [0.3, 0.4) is 0 Å². The quantitative estimate of drug-likeness (QED) is 0.743. The second-order valence-electron chi connectivity index (χ2n) is 5.67. The maximum atomic E-state index is 12.0. The second-order valence-corrected chi connectivity index (χ2v) is 5.67. The molecule has 0 bridgehead atoms. The molecule has 2 aliphatic rings. The van der Waals surface area contributed by atoms with E-state index in [2.05, 4.69) is 29.2 Å². The van der Waals surface area contributed by atoms with Crippen LogP contribution in [0.25, 0.3) is 0 Å². The summed E-state index contributed by atoms with van der Waals surface area (Å²) in [6, 6.07) is 8.46. The van der Waals surface area contributed by atoms with E-state index in [9.17, 15) is 4.79 Å². The summed E-state index contributed by atoms with van der Waals surface area (Å²) in [5, 5.41) is 0. The van der Waals surface area contributed by atoms with Crippen LogP contribution < -0.4 is 0 Å². The van der Waals surface area contributed by atoms with Gasteiger partial charge in [0.25, 0.3) is 0 Å². The van der Waals surface area contributed by atoms with Crippen LogP contribution in [0.2, 0.25) is 0 Å². The largest absolute Gasteiger partial charge is 0.294 e. The van der Waals surface area contributed by atoms with Crippen molar-refractivity contribution in [2.24, 2.45) is 0 Å². The number of benzene rings is 1. The van der Waals surface area contributed by atoms with Gasteiger partial charge in [-0.05, 0) is 36.8 Å². The molecule has 0 saturated carbocycles. The number of rotatable bonds is 1. The number of aromatic nitrogens is 2. The fraction of sp³-hybridized carbons (Fsp3) is 0.353. The molecular weight excluding hydrogens is 248 g/mol. The van der Waals surface area contributed by atoms with Crippen molar-refractivity contribution < 1.29 is 4.79 Å². The van der Waals surface area contributed by atoms with E-state index >= 15 is 0 Å². The molecule has 0 aliphatic heterocycles. The van der Waals surface area contributed by atoms with Crippen LogP contribution in [0.5, 0.6) is 0 Å². The minimum atomic E-state index is 0.207. The van der Waals surface area contributed by atoms with Crippen molar-refractivity contribution in [1.82, 2.24) is 9.97 Å². The summed E-state index contributed by atoms with van der Waals surface area (Å²) in [4.78, 5) is 21.2. The van der Waals surface area contributed by atoms with E-state index in [1.165, 1.54) is 11.1 Å². The molecule has 1 aromatic heterocycles. The number of nitrogens with zero attached hydrogens (tertiary/aromatic N) is 2. The van der Waals surface area contributed by atoms with Crippen molar-refractivity contribution in [1.29, 1.82) is 0 Å². The highest BCUT2D eigenvalue weighted by atomic mass is 16.1. The maximum Gasteiger partial charge on any atom is 0.166 e. The van der Waals surface area contributed by atoms with Crippen molar-refractivity contribution >= 4 is 5.78 Å². The molecule has 100 valence electrons. The first kappa shape index (κ1) is 11.8.